The van der Waals surface area contributed by atoms with Crippen LogP contribution in [0.25, 0.3) is 5.57 Å². The number of hydrogen-bond donors (Lipinski definition) is 1. The van der Waals surface area contributed by atoms with Gasteiger partial charge in [0, 0.05) is 24.7 Å². The van der Waals surface area contributed by atoms with Gasteiger partial charge >= 0.3 is 0 Å². The Morgan fingerprint density at radius 2 is 1.73 bits per heavy atom. The molecule has 1 aliphatic heterocycles. The summed E-state index contributed by atoms with van der Waals surface area (Å²) in [6.45, 7) is 3.42. The van der Waals surface area contributed by atoms with Crippen molar-refractivity contribution in [3.63, 3.8) is 0 Å². The summed E-state index contributed by atoms with van der Waals surface area (Å²) in [5.74, 6) is -4.38. The van der Waals surface area contributed by atoms with Crippen LogP contribution in [0.5, 0.6) is 5.75 Å². The second-order valence-corrected chi connectivity index (χ2v) is 10.4. The number of nitrogens with one attached hydrogen (secondary N) is 1. The molecule has 0 spiro atoms. The molecule has 0 atom stereocenters. The number of benzene rings is 3. The molecule has 1 amide bonds. The third-order valence-electron chi connectivity index (χ3n) is 7.61. The number of carbonyl (C=O) groups excluding carboxylic acids is 1. The third kappa shape index (κ3) is 6.22. The van der Waals surface area contributed by atoms with Gasteiger partial charge in [-0.05, 0) is 91.6 Å². The van der Waals surface area contributed by atoms with Crippen LogP contribution >= 0.6 is 0 Å². The van der Waals surface area contributed by atoms with E-state index in [1.165, 1.54) is 6.07 Å². The van der Waals surface area contributed by atoms with Gasteiger partial charge in [0.25, 0.3) is 5.91 Å². The molecule has 0 saturated heterocycles. The van der Waals surface area contributed by atoms with E-state index in [1.807, 2.05) is 35.2 Å². The molecule has 1 saturated carbocycles. The van der Waals surface area contributed by atoms with Crippen molar-refractivity contribution in [1.82, 2.24) is 10.2 Å². The van der Waals surface area contributed by atoms with Gasteiger partial charge in [-0.1, -0.05) is 36.4 Å². The van der Waals surface area contributed by atoms with Gasteiger partial charge < -0.3 is 15.0 Å². The summed E-state index contributed by atoms with van der Waals surface area (Å²) < 4.78 is 60.2. The standard InChI is InChI=1S/C32H32F4N2O2/c1-20-23(5-2-6-27(20)33)19-38(24-11-12-24)32(39)26-18-37-16-15-25(26)22-9-7-21(8-10-22)4-3-17-40-31-29(35)14-13-28(34)30(31)36/h2,5-10,13-14,24,37H,3-4,11-12,15-19H2,1H3. The van der Waals surface area contributed by atoms with E-state index in [1.54, 1.807) is 13.0 Å². The number of nitrogens with zero attached hydrogens (tertiary/aromatic N) is 1. The summed E-state index contributed by atoms with van der Waals surface area (Å²) in [6.07, 6.45) is 3.71. The average molecular weight is 553 g/mol. The molecule has 0 aromatic heterocycles. The first-order valence-corrected chi connectivity index (χ1v) is 13.7. The lowest BCUT2D eigenvalue weighted by Gasteiger charge is -2.29. The van der Waals surface area contributed by atoms with Gasteiger partial charge in [0.15, 0.2) is 17.4 Å². The largest absolute Gasteiger partial charge is 0.488 e. The maximum atomic E-state index is 14.2. The predicted molar refractivity (Wildman–Crippen MR) is 146 cm³/mol. The lowest BCUT2D eigenvalue weighted by atomic mass is 9.92. The molecule has 1 N–H and O–H groups in total. The number of halogens is 4. The normalized spacial score (nSPS) is 15.3. The highest BCUT2D eigenvalue weighted by Crippen LogP contribution is 2.33. The van der Waals surface area contributed by atoms with Crippen molar-refractivity contribution >= 4 is 11.5 Å². The Bertz CT molecular complexity index is 1420. The van der Waals surface area contributed by atoms with Crippen LogP contribution in [0.15, 0.2) is 60.2 Å². The van der Waals surface area contributed by atoms with E-state index in [-0.39, 0.29) is 24.4 Å². The molecule has 1 aliphatic carbocycles. The van der Waals surface area contributed by atoms with Crippen molar-refractivity contribution in [2.75, 3.05) is 19.7 Å². The van der Waals surface area contributed by atoms with Gasteiger partial charge in [-0.25, -0.2) is 13.2 Å². The van der Waals surface area contributed by atoms with Crippen LogP contribution < -0.4 is 10.1 Å². The Balaban J connectivity index is 1.26. The highest BCUT2D eigenvalue weighted by Gasteiger charge is 2.35. The van der Waals surface area contributed by atoms with Crippen molar-refractivity contribution in [3.05, 3.63) is 106 Å². The molecule has 3 aromatic carbocycles. The Morgan fingerprint density at radius 1 is 0.975 bits per heavy atom. The number of carbonyl (C=O) groups is 1. The molecule has 4 nitrogen and oxygen atoms in total. The second-order valence-electron chi connectivity index (χ2n) is 10.4. The Labute approximate surface area is 231 Å². The van der Waals surface area contributed by atoms with Crippen LogP contribution in [-0.4, -0.2) is 36.5 Å². The second kappa shape index (κ2) is 12.3. The third-order valence-corrected chi connectivity index (χ3v) is 7.61. The van der Waals surface area contributed by atoms with Crippen LogP contribution in [0, 0.1) is 30.2 Å². The summed E-state index contributed by atoms with van der Waals surface area (Å²) in [6, 6.07) is 14.7. The highest BCUT2D eigenvalue weighted by molar-refractivity contribution is 6.02. The molecule has 0 bridgehead atoms. The van der Waals surface area contributed by atoms with E-state index in [4.69, 9.17) is 4.74 Å². The van der Waals surface area contributed by atoms with Crippen LogP contribution in [0.1, 0.15) is 47.9 Å². The highest BCUT2D eigenvalue weighted by atomic mass is 19.2. The van der Waals surface area contributed by atoms with Crippen molar-refractivity contribution in [2.45, 2.75) is 51.6 Å². The minimum Gasteiger partial charge on any atom is -0.488 e. The van der Waals surface area contributed by atoms with Crippen LogP contribution in [0.4, 0.5) is 17.6 Å². The average Bonchev–Trinajstić information content (AvgIpc) is 3.81. The fourth-order valence-corrected chi connectivity index (χ4v) is 5.10. The first kappa shape index (κ1) is 27.9. The zero-order chi connectivity index (χ0) is 28.2. The van der Waals surface area contributed by atoms with Gasteiger partial charge in [-0.15, -0.1) is 0 Å². The molecule has 1 heterocycles. The van der Waals surface area contributed by atoms with E-state index in [0.29, 0.717) is 31.5 Å². The molecule has 0 radical (unpaired) electrons. The van der Waals surface area contributed by atoms with Crippen molar-refractivity contribution in [2.24, 2.45) is 0 Å². The fourth-order valence-electron chi connectivity index (χ4n) is 5.10. The van der Waals surface area contributed by atoms with Gasteiger partial charge in [-0.2, -0.15) is 4.39 Å². The van der Waals surface area contributed by atoms with Gasteiger partial charge in [-0.3, -0.25) is 4.79 Å². The zero-order valence-electron chi connectivity index (χ0n) is 22.4. The lowest BCUT2D eigenvalue weighted by molar-refractivity contribution is -0.128. The summed E-state index contributed by atoms with van der Waals surface area (Å²) in [7, 11) is 0. The summed E-state index contributed by atoms with van der Waals surface area (Å²) in [4.78, 5) is 15.7. The molecule has 40 heavy (non-hydrogen) atoms. The number of rotatable bonds is 10. The molecule has 5 rings (SSSR count). The minimum atomic E-state index is -1.32. The predicted octanol–water partition coefficient (Wildman–Crippen LogP) is 6.50. The number of ether oxygens (including phenoxy) is 1. The molecule has 2 aliphatic rings. The van der Waals surface area contributed by atoms with Crippen molar-refractivity contribution in [3.8, 4) is 5.75 Å². The first-order valence-electron chi connectivity index (χ1n) is 13.7. The lowest BCUT2D eigenvalue weighted by Crippen LogP contribution is -2.39. The maximum absolute atomic E-state index is 14.2. The van der Waals surface area contributed by atoms with E-state index in [0.717, 1.165) is 65.8 Å². The van der Waals surface area contributed by atoms with Gasteiger partial charge in [0.2, 0.25) is 5.82 Å². The van der Waals surface area contributed by atoms with Crippen molar-refractivity contribution in [1.29, 1.82) is 0 Å². The molecule has 1 fully saturated rings. The smallest absolute Gasteiger partial charge is 0.251 e. The molecule has 210 valence electrons. The van der Waals surface area contributed by atoms with E-state index in [9.17, 15) is 22.4 Å². The first-order chi connectivity index (χ1) is 19.3. The zero-order valence-corrected chi connectivity index (χ0v) is 22.4. The Hall–Kier alpha value is -3.65. The van der Waals surface area contributed by atoms with E-state index >= 15 is 0 Å². The Morgan fingerprint density at radius 3 is 2.48 bits per heavy atom. The quantitative estimate of drug-likeness (QED) is 0.177. The molecule has 3 aromatic rings. The molecule has 0 unspecified atom stereocenters. The maximum Gasteiger partial charge on any atom is 0.251 e. The molecular weight excluding hydrogens is 520 g/mol. The fraction of sp³-hybridized carbons (Fsp3) is 0.344. The van der Waals surface area contributed by atoms with Gasteiger partial charge in [0.1, 0.15) is 5.82 Å². The minimum absolute atomic E-state index is 0.00796. The summed E-state index contributed by atoms with van der Waals surface area (Å²) in [5, 5.41) is 3.33. The SMILES string of the molecule is Cc1c(F)cccc1CN(C(=O)C1=C(c2ccc(CCCOc3c(F)ccc(F)c3F)cc2)CCNC1)C1CC1. The summed E-state index contributed by atoms with van der Waals surface area (Å²) in [5.41, 5.74) is 5.14. The van der Waals surface area contributed by atoms with Crippen LogP contribution in [0.2, 0.25) is 0 Å². The molecule has 8 heteroatoms. The summed E-state index contributed by atoms with van der Waals surface area (Å²) >= 11 is 0. The van der Waals surface area contributed by atoms with Gasteiger partial charge in [0.05, 0.1) is 6.61 Å². The van der Waals surface area contributed by atoms with Crippen molar-refractivity contribution < 1.29 is 27.1 Å². The Kier molecular flexibility index (Phi) is 8.54. The van der Waals surface area contributed by atoms with Crippen LogP contribution in [0.3, 0.4) is 0 Å². The molecular formula is C32H32F4N2O2. The number of amides is 1. The number of hydrogen-bond acceptors (Lipinski definition) is 3. The number of aryl methyl sites for hydroxylation is 1. The van der Waals surface area contributed by atoms with E-state index in [2.05, 4.69) is 5.32 Å². The van der Waals surface area contributed by atoms with Crippen LogP contribution in [-0.2, 0) is 17.8 Å². The monoisotopic (exact) mass is 552 g/mol. The topological polar surface area (TPSA) is 41.6 Å². The van der Waals surface area contributed by atoms with E-state index < -0.39 is 23.2 Å².